The normalized spacial score (nSPS) is 29.2. The van der Waals surface area contributed by atoms with Crippen LogP contribution in [0.1, 0.15) is 40.0 Å². The van der Waals surface area contributed by atoms with Crippen molar-refractivity contribution in [2.75, 3.05) is 32.8 Å². The zero-order chi connectivity index (χ0) is 14.8. The van der Waals surface area contributed by atoms with Gasteiger partial charge in [-0.25, -0.2) is 0 Å². The monoisotopic (exact) mass is 284 g/mol. The van der Waals surface area contributed by atoms with Crippen molar-refractivity contribution < 1.29 is 14.6 Å². The SMILES string of the molecule is CCC1(C(=O)N2CC(CO)OC(C)(C)C2)CCNCC1. The number of piperidine rings is 1. The number of nitrogens with zero attached hydrogens (tertiary/aromatic N) is 1. The van der Waals surface area contributed by atoms with Gasteiger partial charge in [-0.15, -0.1) is 0 Å². The van der Waals surface area contributed by atoms with Crippen molar-refractivity contribution in [3.63, 3.8) is 0 Å². The Balaban J connectivity index is 2.14. The van der Waals surface area contributed by atoms with Gasteiger partial charge in [0.15, 0.2) is 0 Å². The van der Waals surface area contributed by atoms with Crippen LogP contribution in [0.4, 0.5) is 0 Å². The summed E-state index contributed by atoms with van der Waals surface area (Å²) in [5.41, 5.74) is -0.609. The zero-order valence-corrected chi connectivity index (χ0v) is 12.9. The standard InChI is InChI=1S/C15H28N2O3/c1-4-15(5-7-16-8-6-15)13(19)17-9-12(10-18)20-14(2,3)11-17/h12,16,18H,4-11H2,1-3H3. The van der Waals surface area contributed by atoms with Crippen LogP contribution in [0.15, 0.2) is 0 Å². The fourth-order valence-corrected chi connectivity index (χ4v) is 3.50. The lowest BCUT2D eigenvalue weighted by Gasteiger charge is -2.46. The molecular formula is C15H28N2O3. The molecule has 2 rings (SSSR count). The summed E-state index contributed by atoms with van der Waals surface area (Å²) < 4.78 is 5.80. The van der Waals surface area contributed by atoms with Gasteiger partial charge in [0, 0.05) is 13.1 Å². The summed E-state index contributed by atoms with van der Waals surface area (Å²) in [5.74, 6) is 0.247. The summed E-state index contributed by atoms with van der Waals surface area (Å²) in [6.45, 7) is 8.98. The van der Waals surface area contributed by atoms with E-state index in [2.05, 4.69) is 12.2 Å². The summed E-state index contributed by atoms with van der Waals surface area (Å²) in [6.07, 6.45) is 2.43. The molecule has 2 aliphatic rings. The number of aliphatic hydroxyl groups is 1. The number of aliphatic hydroxyl groups excluding tert-OH is 1. The van der Waals surface area contributed by atoms with Crippen molar-refractivity contribution in [1.82, 2.24) is 10.2 Å². The maximum Gasteiger partial charge on any atom is 0.229 e. The fourth-order valence-electron chi connectivity index (χ4n) is 3.50. The third-order valence-corrected chi connectivity index (χ3v) is 4.66. The quantitative estimate of drug-likeness (QED) is 0.803. The Morgan fingerprint density at radius 2 is 2.05 bits per heavy atom. The van der Waals surface area contributed by atoms with Crippen molar-refractivity contribution in [1.29, 1.82) is 0 Å². The summed E-state index contributed by atoms with van der Waals surface area (Å²) in [5, 5.41) is 12.7. The lowest BCUT2D eigenvalue weighted by atomic mass is 9.75. The van der Waals surface area contributed by atoms with Crippen LogP contribution in [0, 0.1) is 5.41 Å². The van der Waals surface area contributed by atoms with E-state index in [9.17, 15) is 9.90 Å². The molecule has 2 heterocycles. The van der Waals surface area contributed by atoms with Crippen molar-refractivity contribution in [2.24, 2.45) is 5.41 Å². The Hall–Kier alpha value is -0.650. The number of amides is 1. The number of rotatable bonds is 3. The molecule has 20 heavy (non-hydrogen) atoms. The van der Waals surface area contributed by atoms with Crippen LogP contribution in [0.5, 0.6) is 0 Å². The minimum atomic E-state index is -0.386. The lowest BCUT2D eigenvalue weighted by molar-refractivity contribution is -0.175. The predicted octanol–water partition coefficient (Wildman–Crippen LogP) is 0.764. The molecule has 2 aliphatic heterocycles. The van der Waals surface area contributed by atoms with Crippen molar-refractivity contribution >= 4 is 5.91 Å². The third-order valence-electron chi connectivity index (χ3n) is 4.66. The van der Waals surface area contributed by atoms with E-state index < -0.39 is 0 Å². The van der Waals surface area contributed by atoms with Gasteiger partial charge in [-0.2, -0.15) is 0 Å². The Morgan fingerprint density at radius 3 is 2.60 bits per heavy atom. The summed E-state index contributed by atoms with van der Waals surface area (Å²) in [7, 11) is 0. The number of morpholine rings is 1. The maximum atomic E-state index is 13.0. The molecule has 0 radical (unpaired) electrons. The highest BCUT2D eigenvalue weighted by Gasteiger charge is 2.44. The van der Waals surface area contributed by atoms with Crippen molar-refractivity contribution in [3.8, 4) is 0 Å². The minimum Gasteiger partial charge on any atom is -0.394 e. The van der Waals surface area contributed by atoms with E-state index in [-0.39, 0.29) is 29.6 Å². The Bertz CT molecular complexity index is 351. The van der Waals surface area contributed by atoms with Crippen LogP contribution < -0.4 is 5.32 Å². The molecule has 0 spiro atoms. The summed E-state index contributed by atoms with van der Waals surface area (Å²) in [6, 6.07) is 0. The van der Waals surface area contributed by atoms with E-state index in [0.29, 0.717) is 13.1 Å². The van der Waals surface area contributed by atoms with E-state index in [1.54, 1.807) is 0 Å². The number of hydrogen-bond donors (Lipinski definition) is 2. The Morgan fingerprint density at radius 1 is 1.40 bits per heavy atom. The second-order valence-electron chi connectivity index (χ2n) is 6.75. The van der Waals surface area contributed by atoms with Gasteiger partial charge in [0.2, 0.25) is 5.91 Å². The first-order valence-electron chi connectivity index (χ1n) is 7.71. The van der Waals surface area contributed by atoms with Gasteiger partial charge in [0.1, 0.15) is 0 Å². The molecule has 0 saturated carbocycles. The van der Waals surface area contributed by atoms with E-state index in [0.717, 1.165) is 32.4 Å². The number of carbonyl (C=O) groups excluding carboxylic acids is 1. The van der Waals surface area contributed by atoms with Crippen molar-refractivity contribution in [3.05, 3.63) is 0 Å². The molecule has 0 aromatic carbocycles. The molecule has 0 aliphatic carbocycles. The lowest BCUT2D eigenvalue weighted by Crippen LogP contribution is -2.59. The van der Waals surface area contributed by atoms with Crippen LogP contribution in [0.2, 0.25) is 0 Å². The van der Waals surface area contributed by atoms with E-state index >= 15 is 0 Å². The van der Waals surface area contributed by atoms with Gasteiger partial charge in [-0.1, -0.05) is 6.92 Å². The molecule has 1 unspecified atom stereocenters. The molecule has 5 heteroatoms. The molecule has 5 nitrogen and oxygen atoms in total. The molecule has 1 atom stereocenters. The van der Waals surface area contributed by atoms with Gasteiger partial charge >= 0.3 is 0 Å². The molecule has 0 aromatic heterocycles. The molecule has 2 saturated heterocycles. The van der Waals surface area contributed by atoms with E-state index in [1.165, 1.54) is 0 Å². The largest absolute Gasteiger partial charge is 0.394 e. The fraction of sp³-hybridized carbons (Fsp3) is 0.933. The molecule has 116 valence electrons. The third kappa shape index (κ3) is 3.15. The van der Waals surface area contributed by atoms with Crippen LogP contribution >= 0.6 is 0 Å². The summed E-state index contributed by atoms with van der Waals surface area (Å²) in [4.78, 5) is 14.9. The van der Waals surface area contributed by atoms with E-state index in [1.807, 2.05) is 18.7 Å². The predicted molar refractivity (Wildman–Crippen MR) is 77.4 cm³/mol. The molecule has 2 N–H and O–H groups in total. The van der Waals surface area contributed by atoms with Crippen LogP contribution in [-0.4, -0.2) is 60.4 Å². The number of carbonyl (C=O) groups is 1. The molecule has 0 bridgehead atoms. The number of hydrogen-bond acceptors (Lipinski definition) is 4. The second kappa shape index (κ2) is 6.00. The number of ether oxygens (including phenoxy) is 1. The number of nitrogens with one attached hydrogen (secondary N) is 1. The Labute approximate surface area is 121 Å². The average molecular weight is 284 g/mol. The first kappa shape index (κ1) is 15.7. The highest BCUT2D eigenvalue weighted by Crippen LogP contribution is 2.36. The first-order valence-corrected chi connectivity index (χ1v) is 7.71. The highest BCUT2D eigenvalue weighted by atomic mass is 16.5. The van der Waals surface area contributed by atoms with Gasteiger partial charge in [-0.05, 0) is 46.2 Å². The molecular weight excluding hydrogens is 256 g/mol. The zero-order valence-electron chi connectivity index (χ0n) is 12.9. The molecule has 2 fully saturated rings. The van der Waals surface area contributed by atoms with E-state index in [4.69, 9.17) is 4.74 Å². The highest BCUT2D eigenvalue weighted by molar-refractivity contribution is 5.83. The van der Waals surface area contributed by atoms with Crippen molar-refractivity contribution in [2.45, 2.75) is 51.7 Å². The topological polar surface area (TPSA) is 61.8 Å². The Kier molecular flexibility index (Phi) is 4.72. The van der Waals surface area contributed by atoms with Gasteiger partial charge in [0.25, 0.3) is 0 Å². The van der Waals surface area contributed by atoms with Crippen LogP contribution in [-0.2, 0) is 9.53 Å². The van der Waals surface area contributed by atoms with Gasteiger partial charge < -0.3 is 20.1 Å². The smallest absolute Gasteiger partial charge is 0.229 e. The minimum absolute atomic E-state index is 0.0338. The van der Waals surface area contributed by atoms with Gasteiger partial charge in [-0.3, -0.25) is 4.79 Å². The van der Waals surface area contributed by atoms with Gasteiger partial charge in [0.05, 0.1) is 23.7 Å². The van der Waals surface area contributed by atoms with Crippen LogP contribution in [0.3, 0.4) is 0 Å². The second-order valence-corrected chi connectivity index (χ2v) is 6.75. The molecule has 0 aromatic rings. The first-order chi connectivity index (χ1) is 9.42. The molecule has 1 amide bonds. The van der Waals surface area contributed by atoms with Crippen LogP contribution in [0.25, 0.3) is 0 Å². The average Bonchev–Trinajstić information content (AvgIpc) is 2.45. The maximum absolute atomic E-state index is 13.0. The summed E-state index contributed by atoms with van der Waals surface area (Å²) >= 11 is 0.